The van der Waals surface area contributed by atoms with E-state index in [0.29, 0.717) is 16.7 Å². The van der Waals surface area contributed by atoms with Crippen molar-refractivity contribution in [1.82, 2.24) is 4.90 Å². The van der Waals surface area contributed by atoms with E-state index in [1.807, 2.05) is 0 Å². The van der Waals surface area contributed by atoms with Gasteiger partial charge in [-0.3, -0.25) is 23.0 Å². The number of anilines is 1. The van der Waals surface area contributed by atoms with Crippen LogP contribution < -0.4 is 4.31 Å². The van der Waals surface area contributed by atoms with Gasteiger partial charge >= 0.3 is 5.97 Å². The lowest BCUT2D eigenvalue weighted by molar-refractivity contribution is -0.138. The molecule has 0 saturated carbocycles. The summed E-state index contributed by atoms with van der Waals surface area (Å²) in [6.07, 6.45) is 3.84. The molecular weight excluding hydrogens is 472 g/mol. The van der Waals surface area contributed by atoms with E-state index in [1.54, 1.807) is 42.5 Å². The predicted octanol–water partition coefficient (Wildman–Crippen LogP) is 3.44. The van der Waals surface area contributed by atoms with Crippen LogP contribution in [0.2, 0.25) is 0 Å². The molecule has 0 bridgehead atoms. The van der Waals surface area contributed by atoms with Crippen LogP contribution in [0.5, 0.6) is 0 Å². The number of carbonyl (C=O) groups is 3. The van der Waals surface area contributed by atoms with Crippen molar-refractivity contribution < 1.29 is 32.7 Å². The largest absolute Gasteiger partial charge is 0.755 e. The monoisotopic (exact) mass is 495 g/mol. The van der Waals surface area contributed by atoms with Gasteiger partial charge in [-0.15, -0.1) is 0 Å². The number of hydrogen-bond acceptors (Lipinski definition) is 6. The van der Waals surface area contributed by atoms with Gasteiger partial charge < -0.3 is 14.1 Å². The highest BCUT2D eigenvalue weighted by atomic mass is 32.2. The minimum absolute atomic E-state index is 0.0145. The van der Waals surface area contributed by atoms with Crippen molar-refractivity contribution >= 4 is 45.7 Å². The fraction of sp³-hybridized carbons (Fsp3) is 0.320. The van der Waals surface area contributed by atoms with E-state index in [4.69, 9.17) is 4.42 Å². The van der Waals surface area contributed by atoms with Crippen LogP contribution in [0, 0.1) is 0 Å². The van der Waals surface area contributed by atoms with Crippen molar-refractivity contribution in [3.8, 4) is 0 Å². The number of fused-ring (bicyclic) bond motifs is 4. The zero-order valence-corrected chi connectivity index (χ0v) is 19.6. The Morgan fingerprint density at radius 3 is 2.46 bits per heavy atom. The second-order valence-electron chi connectivity index (χ2n) is 8.74. The molecule has 1 aliphatic carbocycles. The second kappa shape index (κ2) is 9.27. The smallest absolute Gasteiger partial charge is 0.327 e. The molecule has 2 aliphatic rings. The summed E-state index contributed by atoms with van der Waals surface area (Å²) >= 11 is -2.88. The Labute approximate surface area is 203 Å². The molecule has 2 amide bonds. The first-order valence-electron chi connectivity index (χ1n) is 11.5. The van der Waals surface area contributed by atoms with Crippen molar-refractivity contribution in [2.24, 2.45) is 0 Å². The molecule has 9 nitrogen and oxygen atoms in total. The molecule has 1 aliphatic heterocycles. The maximum atomic E-state index is 12.6. The number of carbonyl (C=O) groups excluding carboxylic acids is 2. The predicted molar refractivity (Wildman–Crippen MR) is 127 cm³/mol. The number of carboxylic acids is 1. The van der Waals surface area contributed by atoms with Crippen LogP contribution >= 0.6 is 0 Å². The standard InChI is InChI=1S/C25H24N2O7S/c28-23-18-7-1-2-8-19(18)24(29)26(23)13-5-9-20(25(30)31)27(35(32)33)15-11-12-17-16-6-3-4-10-21(16)34-22(17)14-15/h1-2,7-8,11-12,14,20H,3-6,9-10,13H2,(H,30,31)(H,32,33)/p-1. The number of imide groups is 1. The van der Waals surface area contributed by atoms with Crippen molar-refractivity contribution in [3.05, 3.63) is 64.9 Å². The lowest BCUT2D eigenvalue weighted by Gasteiger charge is -2.32. The van der Waals surface area contributed by atoms with E-state index in [2.05, 4.69) is 0 Å². The number of hydrogen-bond donors (Lipinski definition) is 1. The van der Waals surface area contributed by atoms with Crippen LogP contribution in [0.25, 0.3) is 11.0 Å². The number of benzene rings is 2. The average Bonchev–Trinajstić information content (AvgIpc) is 3.33. The number of rotatable bonds is 8. The number of carboxylic acid groups (broad SMARTS) is 1. The Bertz CT molecular complexity index is 1330. The van der Waals surface area contributed by atoms with Gasteiger partial charge in [0.1, 0.15) is 17.4 Å². The van der Waals surface area contributed by atoms with Gasteiger partial charge in [-0.2, -0.15) is 0 Å². The van der Waals surface area contributed by atoms with Crippen molar-refractivity contribution in [1.29, 1.82) is 0 Å². The quantitative estimate of drug-likeness (QED) is 0.374. The number of nitrogens with zero attached hydrogens (tertiary/aromatic N) is 2. The van der Waals surface area contributed by atoms with E-state index < -0.39 is 35.1 Å². The first kappa shape index (κ1) is 23.3. The summed E-state index contributed by atoms with van der Waals surface area (Å²) < 4.78 is 31.1. The van der Waals surface area contributed by atoms with Gasteiger partial charge in [0.05, 0.1) is 16.8 Å². The van der Waals surface area contributed by atoms with Crippen LogP contribution in [0.1, 0.15) is 57.7 Å². The highest BCUT2D eigenvalue weighted by Gasteiger charge is 2.35. The molecular formula is C25H23N2O7S-. The van der Waals surface area contributed by atoms with Gasteiger partial charge in [0.25, 0.3) is 11.8 Å². The minimum Gasteiger partial charge on any atom is -0.755 e. The van der Waals surface area contributed by atoms with Gasteiger partial charge in [-0.25, -0.2) is 4.79 Å². The minimum atomic E-state index is -2.88. The maximum Gasteiger partial charge on any atom is 0.327 e. The molecule has 5 rings (SSSR count). The van der Waals surface area contributed by atoms with E-state index in [1.165, 1.54) is 0 Å². The molecule has 35 heavy (non-hydrogen) atoms. The van der Waals surface area contributed by atoms with Crippen LogP contribution in [0.15, 0.2) is 46.9 Å². The molecule has 0 spiro atoms. The molecule has 2 unspecified atom stereocenters. The molecule has 182 valence electrons. The molecule has 10 heteroatoms. The molecule has 1 aromatic heterocycles. The summed E-state index contributed by atoms with van der Waals surface area (Å²) in [5.74, 6) is -1.30. The summed E-state index contributed by atoms with van der Waals surface area (Å²) in [6, 6.07) is 9.98. The van der Waals surface area contributed by atoms with Gasteiger partial charge in [0, 0.05) is 41.2 Å². The summed E-state index contributed by atoms with van der Waals surface area (Å²) in [4.78, 5) is 38.3. The molecule has 1 N–H and O–H groups in total. The first-order valence-corrected chi connectivity index (χ1v) is 12.5. The number of aliphatic carboxylic acids is 1. The normalized spacial score (nSPS) is 16.8. The highest BCUT2D eigenvalue weighted by molar-refractivity contribution is 7.80. The summed E-state index contributed by atoms with van der Waals surface area (Å²) in [5, 5.41) is 10.8. The fourth-order valence-corrected chi connectivity index (χ4v) is 5.67. The number of furan rings is 1. The molecule has 0 saturated heterocycles. The van der Waals surface area contributed by atoms with Crippen molar-refractivity contribution in [2.45, 2.75) is 44.6 Å². The Morgan fingerprint density at radius 1 is 1.11 bits per heavy atom. The van der Waals surface area contributed by atoms with Crippen LogP contribution in [-0.2, 0) is 28.9 Å². The second-order valence-corrected chi connectivity index (χ2v) is 9.57. The fourth-order valence-electron chi connectivity index (χ4n) is 4.99. The summed E-state index contributed by atoms with van der Waals surface area (Å²) in [5.41, 5.74) is 2.46. The molecule has 3 aromatic rings. The first-order chi connectivity index (χ1) is 16.9. The summed E-state index contributed by atoms with van der Waals surface area (Å²) in [6.45, 7) is -0.0145. The van der Waals surface area contributed by atoms with Crippen molar-refractivity contribution in [3.63, 3.8) is 0 Å². The third kappa shape index (κ3) is 4.12. The van der Waals surface area contributed by atoms with Gasteiger partial charge in [-0.05, 0) is 56.4 Å². The lowest BCUT2D eigenvalue weighted by Crippen LogP contribution is -2.43. The van der Waals surface area contributed by atoms with Gasteiger partial charge in [0.15, 0.2) is 0 Å². The Balaban J connectivity index is 1.35. The number of aryl methyl sites for hydroxylation is 2. The lowest BCUT2D eigenvalue weighted by atomic mass is 9.96. The Kier molecular flexibility index (Phi) is 6.16. The molecule has 2 heterocycles. The van der Waals surface area contributed by atoms with Crippen LogP contribution in [0.4, 0.5) is 5.69 Å². The van der Waals surface area contributed by atoms with Gasteiger partial charge in [0.2, 0.25) is 0 Å². The topological polar surface area (TPSA) is 131 Å². The Hall–Kier alpha value is -3.50. The molecule has 0 radical (unpaired) electrons. The highest BCUT2D eigenvalue weighted by Crippen LogP contribution is 2.35. The summed E-state index contributed by atoms with van der Waals surface area (Å²) in [7, 11) is 0. The van der Waals surface area contributed by atoms with E-state index in [-0.39, 0.29) is 25.1 Å². The van der Waals surface area contributed by atoms with Crippen LogP contribution in [0.3, 0.4) is 0 Å². The third-order valence-electron chi connectivity index (χ3n) is 6.66. The molecule has 2 aromatic carbocycles. The zero-order valence-electron chi connectivity index (χ0n) is 18.8. The van der Waals surface area contributed by atoms with E-state index >= 15 is 0 Å². The SMILES string of the molecule is O=C(O)C(CCCN1C(=O)c2ccccc2C1=O)N(c1ccc2c3c(oc2c1)CCCC3)S(=O)[O-]. The maximum absolute atomic E-state index is 12.6. The van der Waals surface area contributed by atoms with Crippen molar-refractivity contribution in [2.75, 3.05) is 10.8 Å². The van der Waals surface area contributed by atoms with Crippen LogP contribution in [-0.4, -0.2) is 49.1 Å². The van der Waals surface area contributed by atoms with E-state index in [0.717, 1.165) is 51.6 Å². The number of amides is 2. The average molecular weight is 496 g/mol. The zero-order chi connectivity index (χ0) is 24.7. The Morgan fingerprint density at radius 2 is 1.80 bits per heavy atom. The molecule has 2 atom stereocenters. The third-order valence-corrected chi connectivity index (χ3v) is 7.45. The van der Waals surface area contributed by atoms with E-state index in [9.17, 15) is 28.3 Å². The molecule has 0 fully saturated rings. The van der Waals surface area contributed by atoms with Gasteiger partial charge in [-0.1, -0.05) is 12.1 Å².